The second kappa shape index (κ2) is 5.11. The Kier molecular flexibility index (Phi) is 4.04. The molecule has 1 heterocycles. The Labute approximate surface area is 72.3 Å². The van der Waals surface area contributed by atoms with Crippen molar-refractivity contribution in [2.75, 3.05) is 19.7 Å². The van der Waals surface area contributed by atoms with E-state index in [1.54, 1.807) is 0 Å². The van der Waals surface area contributed by atoms with E-state index in [1.165, 1.54) is 0 Å². The molecule has 4 heteroatoms. The summed E-state index contributed by atoms with van der Waals surface area (Å²) in [6.07, 6.45) is 2.38. The number of hydrogen-bond donors (Lipinski definition) is 3. The molecule has 1 rings (SSSR count). The summed E-state index contributed by atoms with van der Waals surface area (Å²) in [5, 5.41) is 14.6. The molecule has 1 saturated heterocycles. The van der Waals surface area contributed by atoms with Crippen LogP contribution < -0.4 is 10.6 Å². The number of aliphatic hydroxyl groups excluding tert-OH is 1. The van der Waals surface area contributed by atoms with Crippen LogP contribution in [0.2, 0.25) is 0 Å². The van der Waals surface area contributed by atoms with E-state index < -0.39 is 0 Å². The lowest BCUT2D eigenvalue weighted by atomic mass is 10.1. The Balaban J connectivity index is 2.15. The maximum Gasteiger partial charge on any atom is 0.222 e. The van der Waals surface area contributed by atoms with Gasteiger partial charge in [0.15, 0.2) is 0 Å². The number of nitrogens with one attached hydrogen (secondary N) is 2. The predicted octanol–water partition coefficient (Wildman–Crippen LogP) is -0.763. The fourth-order valence-electron chi connectivity index (χ4n) is 1.38. The molecular weight excluding hydrogens is 156 g/mol. The first-order valence-corrected chi connectivity index (χ1v) is 4.44. The summed E-state index contributed by atoms with van der Waals surface area (Å²) in [7, 11) is 0. The zero-order valence-corrected chi connectivity index (χ0v) is 7.18. The Morgan fingerprint density at radius 3 is 3.08 bits per heavy atom. The highest BCUT2D eigenvalue weighted by Gasteiger charge is 2.14. The summed E-state index contributed by atoms with van der Waals surface area (Å²) >= 11 is 0. The minimum atomic E-state index is -0.0635. The van der Waals surface area contributed by atoms with Crippen molar-refractivity contribution in [3.8, 4) is 0 Å². The summed E-state index contributed by atoms with van der Waals surface area (Å²) < 4.78 is 0. The van der Waals surface area contributed by atoms with E-state index in [9.17, 15) is 4.79 Å². The van der Waals surface area contributed by atoms with Gasteiger partial charge >= 0.3 is 0 Å². The van der Waals surface area contributed by atoms with Crippen molar-refractivity contribution in [2.24, 2.45) is 0 Å². The zero-order valence-electron chi connectivity index (χ0n) is 7.18. The molecule has 0 spiro atoms. The van der Waals surface area contributed by atoms with E-state index in [1.807, 2.05) is 0 Å². The van der Waals surface area contributed by atoms with Crippen LogP contribution in [0.4, 0.5) is 0 Å². The van der Waals surface area contributed by atoms with Crippen molar-refractivity contribution in [1.82, 2.24) is 10.6 Å². The van der Waals surface area contributed by atoms with Crippen LogP contribution in [0.5, 0.6) is 0 Å². The first kappa shape index (κ1) is 9.48. The van der Waals surface area contributed by atoms with E-state index >= 15 is 0 Å². The van der Waals surface area contributed by atoms with Crippen LogP contribution in [0.3, 0.4) is 0 Å². The van der Waals surface area contributed by atoms with Crippen LogP contribution >= 0.6 is 0 Å². The second-order valence-electron chi connectivity index (χ2n) is 3.08. The average molecular weight is 172 g/mol. The van der Waals surface area contributed by atoms with Gasteiger partial charge < -0.3 is 15.7 Å². The van der Waals surface area contributed by atoms with E-state index in [-0.39, 0.29) is 25.0 Å². The molecule has 4 nitrogen and oxygen atoms in total. The maximum absolute atomic E-state index is 11.0. The lowest BCUT2D eigenvalue weighted by Crippen LogP contribution is -2.45. The standard InChI is InChI=1S/C8H16N2O2/c11-5-3-8(12)10-7-2-1-4-9-6-7/h7,9,11H,1-6H2,(H,10,12). The molecule has 0 radical (unpaired) electrons. The smallest absolute Gasteiger partial charge is 0.222 e. The molecule has 0 aromatic carbocycles. The molecule has 12 heavy (non-hydrogen) atoms. The third-order valence-electron chi connectivity index (χ3n) is 2.00. The Hall–Kier alpha value is -0.610. The van der Waals surface area contributed by atoms with E-state index in [0.717, 1.165) is 25.9 Å². The third-order valence-corrected chi connectivity index (χ3v) is 2.00. The molecule has 1 aliphatic rings. The average Bonchev–Trinajstić information content (AvgIpc) is 2.06. The van der Waals surface area contributed by atoms with Crippen LogP contribution in [0, 0.1) is 0 Å². The van der Waals surface area contributed by atoms with Gasteiger partial charge in [-0.1, -0.05) is 0 Å². The van der Waals surface area contributed by atoms with Gasteiger partial charge in [-0.2, -0.15) is 0 Å². The molecule has 1 amide bonds. The quantitative estimate of drug-likeness (QED) is 0.524. The van der Waals surface area contributed by atoms with Crippen LogP contribution in [-0.2, 0) is 4.79 Å². The van der Waals surface area contributed by atoms with Gasteiger partial charge in [0.05, 0.1) is 6.61 Å². The summed E-state index contributed by atoms with van der Waals surface area (Å²) in [4.78, 5) is 11.0. The Bertz CT molecular complexity index is 144. The molecule has 1 atom stereocenters. The van der Waals surface area contributed by atoms with Gasteiger partial charge in [0.1, 0.15) is 0 Å². The third kappa shape index (κ3) is 3.19. The second-order valence-corrected chi connectivity index (χ2v) is 3.08. The SMILES string of the molecule is O=C(CCO)NC1CCCNC1. The Morgan fingerprint density at radius 2 is 2.50 bits per heavy atom. The minimum absolute atomic E-state index is 0.0498. The molecule has 0 aromatic heterocycles. The number of amides is 1. The molecule has 1 fully saturated rings. The van der Waals surface area contributed by atoms with E-state index in [2.05, 4.69) is 10.6 Å². The normalized spacial score (nSPS) is 23.6. The van der Waals surface area contributed by atoms with Crippen molar-refractivity contribution in [1.29, 1.82) is 0 Å². The topological polar surface area (TPSA) is 61.4 Å². The van der Waals surface area contributed by atoms with Gasteiger partial charge in [-0.25, -0.2) is 0 Å². The molecule has 0 saturated carbocycles. The van der Waals surface area contributed by atoms with Gasteiger partial charge in [-0.15, -0.1) is 0 Å². The van der Waals surface area contributed by atoms with Crippen molar-refractivity contribution < 1.29 is 9.90 Å². The predicted molar refractivity (Wildman–Crippen MR) is 45.7 cm³/mol. The van der Waals surface area contributed by atoms with Gasteiger partial charge in [0, 0.05) is 19.0 Å². The number of piperidine rings is 1. The summed E-state index contributed by atoms with van der Waals surface area (Å²) in [6, 6.07) is 0.262. The largest absolute Gasteiger partial charge is 0.396 e. The molecule has 0 aliphatic carbocycles. The van der Waals surface area contributed by atoms with Crippen molar-refractivity contribution in [2.45, 2.75) is 25.3 Å². The number of rotatable bonds is 3. The number of aliphatic hydroxyl groups is 1. The molecule has 1 aliphatic heterocycles. The summed E-state index contributed by atoms with van der Waals surface area (Å²) in [5.41, 5.74) is 0. The fourth-order valence-corrected chi connectivity index (χ4v) is 1.38. The van der Waals surface area contributed by atoms with Crippen LogP contribution in [0.1, 0.15) is 19.3 Å². The maximum atomic E-state index is 11.0. The first-order valence-electron chi connectivity index (χ1n) is 4.44. The number of hydrogen-bond acceptors (Lipinski definition) is 3. The van der Waals surface area contributed by atoms with E-state index in [4.69, 9.17) is 5.11 Å². The van der Waals surface area contributed by atoms with Crippen LogP contribution in [0.15, 0.2) is 0 Å². The molecule has 1 unspecified atom stereocenters. The van der Waals surface area contributed by atoms with E-state index in [0.29, 0.717) is 0 Å². The van der Waals surface area contributed by atoms with Crippen molar-refractivity contribution in [3.05, 3.63) is 0 Å². The van der Waals surface area contributed by atoms with Gasteiger partial charge in [0.25, 0.3) is 0 Å². The Morgan fingerprint density at radius 1 is 1.67 bits per heavy atom. The molecule has 0 aromatic rings. The van der Waals surface area contributed by atoms with Crippen LogP contribution in [-0.4, -0.2) is 36.8 Å². The highest BCUT2D eigenvalue weighted by Crippen LogP contribution is 2.00. The highest BCUT2D eigenvalue weighted by molar-refractivity contribution is 5.76. The van der Waals surface area contributed by atoms with Gasteiger partial charge in [0.2, 0.25) is 5.91 Å². The summed E-state index contributed by atoms with van der Waals surface area (Å²) in [5.74, 6) is -0.0498. The minimum Gasteiger partial charge on any atom is -0.396 e. The first-order chi connectivity index (χ1) is 5.83. The summed E-state index contributed by atoms with van der Waals surface area (Å²) in [6.45, 7) is 1.84. The molecule has 70 valence electrons. The highest BCUT2D eigenvalue weighted by atomic mass is 16.3. The van der Waals surface area contributed by atoms with Gasteiger partial charge in [-0.05, 0) is 19.4 Å². The van der Waals surface area contributed by atoms with Crippen molar-refractivity contribution in [3.63, 3.8) is 0 Å². The lowest BCUT2D eigenvalue weighted by Gasteiger charge is -2.23. The number of carbonyl (C=O) groups excluding carboxylic acids is 1. The number of carbonyl (C=O) groups is 1. The molecule has 3 N–H and O–H groups in total. The monoisotopic (exact) mass is 172 g/mol. The molecular formula is C8H16N2O2. The molecule has 0 bridgehead atoms. The zero-order chi connectivity index (χ0) is 8.81. The fraction of sp³-hybridized carbons (Fsp3) is 0.875. The van der Waals surface area contributed by atoms with Crippen molar-refractivity contribution >= 4 is 5.91 Å². The van der Waals surface area contributed by atoms with Crippen LogP contribution in [0.25, 0.3) is 0 Å². The van der Waals surface area contributed by atoms with Gasteiger partial charge in [-0.3, -0.25) is 4.79 Å². The lowest BCUT2D eigenvalue weighted by molar-refractivity contribution is -0.122.